The molecule has 0 N–H and O–H groups in total. The molecule has 3 aromatic carbocycles. The Bertz CT molecular complexity index is 494. The molecule has 0 saturated carbocycles. The van der Waals surface area contributed by atoms with Crippen molar-refractivity contribution in [1.29, 1.82) is 0 Å². The van der Waals surface area contributed by atoms with Crippen LogP contribution in [0.25, 0.3) is 21.5 Å². The van der Waals surface area contributed by atoms with Gasteiger partial charge in [-0.15, -0.1) is 0 Å². The van der Waals surface area contributed by atoms with Crippen LogP contribution in [0.4, 0.5) is 0 Å². The van der Waals surface area contributed by atoms with Crippen LogP contribution >= 0.6 is 0 Å². The molecular weight excluding hydrogens is 400 g/mol. The molecule has 0 fully saturated rings. The van der Waals surface area contributed by atoms with E-state index in [9.17, 15) is 0 Å². The van der Waals surface area contributed by atoms with Crippen molar-refractivity contribution in [3.8, 4) is 0 Å². The molecule has 0 radical (unpaired) electrons. The summed E-state index contributed by atoms with van der Waals surface area (Å²) in [4.78, 5) is 0. The Kier molecular flexibility index (Phi) is 10.4. The van der Waals surface area contributed by atoms with E-state index < -0.39 is 0 Å². The van der Waals surface area contributed by atoms with Crippen LogP contribution in [0.5, 0.6) is 0 Å². The van der Waals surface area contributed by atoms with Crippen molar-refractivity contribution in [2.45, 2.75) is 13.8 Å². The third kappa shape index (κ3) is 4.47. The Morgan fingerprint density at radius 1 is 0.526 bits per heavy atom. The quantitative estimate of drug-likeness (QED) is 0.312. The van der Waals surface area contributed by atoms with Gasteiger partial charge < -0.3 is 14.9 Å². The van der Waals surface area contributed by atoms with Gasteiger partial charge in [-0.05, 0) is 33.7 Å². The van der Waals surface area contributed by atoms with E-state index in [4.69, 9.17) is 0 Å². The zero-order valence-electron chi connectivity index (χ0n) is 12.2. The Labute approximate surface area is 132 Å². The van der Waals surface area contributed by atoms with Crippen molar-refractivity contribution in [2.24, 2.45) is 0 Å². The maximum atomic E-state index is 2.24. The van der Waals surface area contributed by atoms with Crippen molar-refractivity contribution in [3.05, 3.63) is 75.5 Å². The van der Waals surface area contributed by atoms with Crippen LogP contribution in [-0.2, 0) is 21.1 Å². The summed E-state index contributed by atoms with van der Waals surface area (Å²) >= 11 is 0. The van der Waals surface area contributed by atoms with Gasteiger partial charge in [-0.3, -0.25) is 0 Å². The molecule has 0 aliphatic heterocycles. The van der Waals surface area contributed by atoms with Gasteiger partial charge in [-0.2, -0.15) is 0 Å². The molecular formula is C18H22W. The predicted octanol–water partition coefficient (Wildman–Crippen LogP) is 5.92. The first kappa shape index (κ1) is 20.2. The summed E-state index contributed by atoms with van der Waals surface area (Å²) in [5.74, 6) is 0. The van der Waals surface area contributed by atoms with Gasteiger partial charge in [-0.25, -0.2) is 0 Å². The smallest absolute Gasteiger partial charge is 0.358 e. The maximum Gasteiger partial charge on any atom is 2.00 e. The van der Waals surface area contributed by atoms with Gasteiger partial charge in [-0.1, -0.05) is 62.4 Å². The number of rotatable bonds is 0. The first-order valence-corrected chi connectivity index (χ1v) is 5.81. The standard InChI is InChI=1S/C14H10.C2H6.2CH3.W/c1-2-6-12-10-14-8-4-3-7-13(14)9-11(12)5-1;1-2;;;/h1-10H;1-2H3;2*1H3;/q;;2*-1;+2. The fourth-order valence-corrected chi connectivity index (χ4v) is 1.88. The number of benzene rings is 3. The number of fused-ring (bicyclic) bond motifs is 2. The molecule has 100 valence electrons. The third-order valence-corrected chi connectivity index (χ3v) is 2.61. The summed E-state index contributed by atoms with van der Waals surface area (Å²) in [5.41, 5.74) is 0. The Hall–Kier alpha value is -1.13. The molecule has 3 rings (SSSR count). The van der Waals surface area contributed by atoms with Crippen molar-refractivity contribution < 1.29 is 21.1 Å². The van der Waals surface area contributed by atoms with Crippen LogP contribution in [0.1, 0.15) is 13.8 Å². The molecule has 0 heterocycles. The van der Waals surface area contributed by atoms with Crippen molar-refractivity contribution in [1.82, 2.24) is 0 Å². The minimum Gasteiger partial charge on any atom is -0.358 e. The Balaban J connectivity index is 0. The molecule has 3 aromatic rings. The molecule has 0 aromatic heterocycles. The summed E-state index contributed by atoms with van der Waals surface area (Å²) in [6, 6.07) is 21.4. The largest absolute Gasteiger partial charge is 2.00 e. The van der Waals surface area contributed by atoms with Crippen LogP contribution < -0.4 is 0 Å². The van der Waals surface area contributed by atoms with E-state index in [2.05, 4.69) is 60.7 Å². The van der Waals surface area contributed by atoms with Crippen LogP contribution in [0.15, 0.2) is 60.7 Å². The van der Waals surface area contributed by atoms with Crippen LogP contribution in [0.3, 0.4) is 0 Å². The van der Waals surface area contributed by atoms with Gasteiger partial charge in [0, 0.05) is 0 Å². The molecule has 0 atom stereocenters. The number of hydrogen-bond donors (Lipinski definition) is 0. The van der Waals surface area contributed by atoms with E-state index in [0.717, 1.165) is 0 Å². The molecule has 0 unspecified atom stereocenters. The van der Waals surface area contributed by atoms with Crippen molar-refractivity contribution in [3.63, 3.8) is 0 Å². The first-order valence-electron chi connectivity index (χ1n) is 5.81. The maximum absolute atomic E-state index is 2.24. The third-order valence-electron chi connectivity index (χ3n) is 2.61. The minimum atomic E-state index is 0. The van der Waals surface area contributed by atoms with Gasteiger partial charge >= 0.3 is 21.1 Å². The molecule has 0 spiro atoms. The second-order valence-corrected chi connectivity index (χ2v) is 3.55. The fourth-order valence-electron chi connectivity index (χ4n) is 1.88. The molecule has 0 bridgehead atoms. The number of hydrogen-bond acceptors (Lipinski definition) is 0. The van der Waals surface area contributed by atoms with Crippen molar-refractivity contribution >= 4 is 21.5 Å². The summed E-state index contributed by atoms with van der Waals surface area (Å²) < 4.78 is 0. The summed E-state index contributed by atoms with van der Waals surface area (Å²) in [6.45, 7) is 4.00. The molecule has 0 aliphatic carbocycles. The zero-order chi connectivity index (χ0) is 11.4. The summed E-state index contributed by atoms with van der Waals surface area (Å²) in [5, 5.41) is 5.25. The Morgan fingerprint density at radius 2 is 0.737 bits per heavy atom. The average molecular weight is 422 g/mol. The van der Waals surface area contributed by atoms with E-state index in [1.165, 1.54) is 21.5 Å². The van der Waals surface area contributed by atoms with Crippen LogP contribution in [-0.4, -0.2) is 0 Å². The van der Waals surface area contributed by atoms with E-state index in [-0.39, 0.29) is 35.9 Å². The minimum absolute atomic E-state index is 0. The molecule has 0 nitrogen and oxygen atoms in total. The second-order valence-electron chi connectivity index (χ2n) is 3.55. The summed E-state index contributed by atoms with van der Waals surface area (Å²) in [6.07, 6.45) is 0. The first-order chi connectivity index (χ1) is 7.93. The second kappa shape index (κ2) is 9.75. The van der Waals surface area contributed by atoms with Gasteiger partial charge in [0.2, 0.25) is 0 Å². The zero-order valence-corrected chi connectivity index (χ0v) is 15.1. The SMILES string of the molecule is CC.[CH3-].[CH3-].[W+2].c1ccc2cc3ccccc3cc2c1. The van der Waals surface area contributed by atoms with Gasteiger partial charge in [0.15, 0.2) is 0 Å². The van der Waals surface area contributed by atoms with E-state index in [0.29, 0.717) is 0 Å². The molecule has 1 heteroatoms. The molecule has 0 amide bonds. The fraction of sp³-hybridized carbons (Fsp3) is 0.111. The predicted molar refractivity (Wildman–Crippen MR) is 85.6 cm³/mol. The van der Waals surface area contributed by atoms with Crippen molar-refractivity contribution in [2.75, 3.05) is 0 Å². The monoisotopic (exact) mass is 422 g/mol. The van der Waals surface area contributed by atoms with Gasteiger partial charge in [0.1, 0.15) is 0 Å². The topological polar surface area (TPSA) is 0 Å². The molecule has 0 saturated heterocycles. The van der Waals surface area contributed by atoms with Gasteiger partial charge in [0.25, 0.3) is 0 Å². The summed E-state index contributed by atoms with van der Waals surface area (Å²) in [7, 11) is 0. The molecule has 0 aliphatic rings. The van der Waals surface area contributed by atoms with Gasteiger partial charge in [0.05, 0.1) is 0 Å². The van der Waals surface area contributed by atoms with Crippen LogP contribution in [0, 0.1) is 14.9 Å². The normalized spacial score (nSPS) is 8.32. The van der Waals surface area contributed by atoms with E-state index in [1.807, 2.05) is 13.8 Å². The van der Waals surface area contributed by atoms with Crippen LogP contribution in [0.2, 0.25) is 0 Å². The Morgan fingerprint density at radius 3 is 0.947 bits per heavy atom. The molecule has 19 heavy (non-hydrogen) atoms. The van der Waals surface area contributed by atoms with E-state index >= 15 is 0 Å². The van der Waals surface area contributed by atoms with E-state index in [1.54, 1.807) is 0 Å². The average Bonchev–Trinajstić information content (AvgIpc) is 2.38.